The van der Waals surface area contributed by atoms with Crippen LogP contribution in [-0.4, -0.2) is 41.3 Å². The van der Waals surface area contributed by atoms with Gasteiger partial charge >= 0.3 is 15.9 Å². The van der Waals surface area contributed by atoms with Crippen LogP contribution in [0.2, 0.25) is 0 Å². The van der Waals surface area contributed by atoms with E-state index in [0.29, 0.717) is 5.75 Å². The van der Waals surface area contributed by atoms with Crippen LogP contribution in [0.25, 0.3) is 0 Å². The fraction of sp³-hybridized carbons (Fsp3) is 0.250. The maximum atomic E-state index is 11.8. The number of hydrogen-bond acceptors (Lipinski definition) is 6. The van der Waals surface area contributed by atoms with Gasteiger partial charge in [-0.05, 0) is 18.2 Å². The van der Waals surface area contributed by atoms with Crippen LogP contribution in [0.15, 0.2) is 18.2 Å². The highest BCUT2D eigenvalue weighted by Crippen LogP contribution is 2.18. The van der Waals surface area contributed by atoms with Gasteiger partial charge in [0, 0.05) is 0 Å². The Bertz CT molecular complexity index is 527. The van der Waals surface area contributed by atoms with Crippen LogP contribution in [0.5, 0.6) is 5.75 Å². The lowest BCUT2D eigenvalue weighted by Crippen LogP contribution is -2.15. The Kier molecular flexibility index (Phi) is 6.22. The Labute approximate surface area is 128 Å². The van der Waals surface area contributed by atoms with Gasteiger partial charge in [-0.25, -0.2) is 14.4 Å². The van der Waals surface area contributed by atoms with Gasteiger partial charge in [-0.15, -0.1) is 0 Å². The van der Waals surface area contributed by atoms with E-state index < -0.39 is 15.9 Å². The first kappa shape index (κ1) is 16.2. The van der Waals surface area contributed by atoms with E-state index in [-0.39, 0.29) is 24.3 Å². The average Bonchev–Trinajstić information content (AvgIpc) is 2.42. The molecule has 0 aliphatic heterocycles. The van der Waals surface area contributed by atoms with Gasteiger partial charge < -0.3 is 19.3 Å². The summed E-state index contributed by atoms with van der Waals surface area (Å²) in [5.74, 6) is -1.75. The summed E-state index contributed by atoms with van der Waals surface area (Å²) in [4.78, 5) is 33.3. The lowest BCUT2D eigenvalue weighted by molar-refractivity contribution is 0.0416. The van der Waals surface area contributed by atoms with Gasteiger partial charge in [-0.3, -0.25) is 0 Å². The number of carboxylic acid groups (broad SMARTS) is 1. The van der Waals surface area contributed by atoms with Crippen molar-refractivity contribution >= 4 is 38.5 Å². The van der Waals surface area contributed by atoms with Gasteiger partial charge in [0.1, 0.15) is 19.0 Å². The lowest BCUT2D eigenvalue weighted by atomic mass is 10.1. The van der Waals surface area contributed by atoms with Crippen LogP contribution in [0, 0.1) is 0 Å². The fourth-order valence-corrected chi connectivity index (χ4v) is 1.56. The Morgan fingerprint density at radius 3 is 2.35 bits per heavy atom. The van der Waals surface area contributed by atoms with Crippen LogP contribution >= 0.6 is 22.6 Å². The standard InChI is InChI=1S/C12H11IO7/c1-18-7-2-3-8(10(14)15)9(6-7)11(16)19-4-5-20-12(13)17/h2-3,6H,4-5H2,1H3,(H,14,15). The minimum atomic E-state index is -1.25. The van der Waals surface area contributed by atoms with Gasteiger partial charge in [-0.2, -0.15) is 0 Å². The van der Waals surface area contributed by atoms with Gasteiger partial charge in [0.05, 0.1) is 40.8 Å². The van der Waals surface area contributed by atoms with Gasteiger partial charge in [0.2, 0.25) is 0 Å². The molecule has 0 bridgehead atoms. The van der Waals surface area contributed by atoms with E-state index in [0.717, 1.165) is 0 Å². The molecule has 0 spiro atoms. The van der Waals surface area contributed by atoms with Crippen LogP contribution < -0.4 is 4.74 Å². The summed E-state index contributed by atoms with van der Waals surface area (Å²) >= 11 is 1.44. The number of esters is 1. The molecular weight excluding hydrogens is 383 g/mol. The molecule has 0 fully saturated rings. The molecule has 1 N–H and O–H groups in total. The molecule has 20 heavy (non-hydrogen) atoms. The van der Waals surface area contributed by atoms with E-state index in [4.69, 9.17) is 14.6 Å². The number of rotatable bonds is 6. The number of benzene rings is 1. The molecule has 0 unspecified atom stereocenters. The zero-order valence-corrected chi connectivity index (χ0v) is 12.6. The molecule has 0 aromatic heterocycles. The SMILES string of the molecule is COc1ccc(C(=O)O)c(C(=O)OCCOC(=O)I)c1. The van der Waals surface area contributed by atoms with Gasteiger partial charge in [0.25, 0.3) is 0 Å². The lowest BCUT2D eigenvalue weighted by Gasteiger charge is -2.09. The van der Waals surface area contributed by atoms with Crippen molar-refractivity contribution in [1.29, 1.82) is 0 Å². The van der Waals surface area contributed by atoms with E-state index in [2.05, 4.69) is 4.74 Å². The zero-order valence-electron chi connectivity index (χ0n) is 10.4. The van der Waals surface area contributed by atoms with Crippen molar-refractivity contribution in [2.45, 2.75) is 0 Å². The number of aromatic carboxylic acids is 1. The molecule has 108 valence electrons. The first-order valence-corrected chi connectivity index (χ1v) is 6.44. The quantitative estimate of drug-likeness (QED) is 0.342. The highest BCUT2D eigenvalue weighted by molar-refractivity contribution is 14.1. The maximum absolute atomic E-state index is 11.8. The maximum Gasteiger partial charge on any atom is 0.367 e. The summed E-state index contributed by atoms with van der Waals surface area (Å²) < 4.78 is 13.8. The molecule has 0 aliphatic carbocycles. The number of halogens is 1. The highest BCUT2D eigenvalue weighted by atomic mass is 127. The number of carbonyl (C=O) groups excluding carboxylic acids is 2. The van der Waals surface area contributed by atoms with Crippen molar-refractivity contribution in [2.75, 3.05) is 20.3 Å². The molecule has 0 aliphatic rings. The van der Waals surface area contributed by atoms with Crippen molar-refractivity contribution in [3.8, 4) is 5.75 Å². The summed E-state index contributed by atoms with van der Waals surface area (Å²) in [6.07, 6.45) is 0. The number of ether oxygens (including phenoxy) is 3. The van der Waals surface area contributed by atoms with Crippen LogP contribution in [0.3, 0.4) is 0 Å². The minimum absolute atomic E-state index is 0.0973. The molecule has 0 heterocycles. The predicted octanol–water partition coefficient (Wildman–Crippen LogP) is 2.12. The first-order valence-electron chi connectivity index (χ1n) is 5.36. The number of carbonyl (C=O) groups is 3. The highest BCUT2D eigenvalue weighted by Gasteiger charge is 2.18. The first-order chi connectivity index (χ1) is 9.45. The number of methoxy groups -OCH3 is 1. The third kappa shape index (κ3) is 4.68. The Hall–Kier alpha value is -1.84. The van der Waals surface area contributed by atoms with Crippen LogP contribution in [0.4, 0.5) is 4.79 Å². The second kappa shape index (κ2) is 7.68. The molecular formula is C12H11IO7. The fourth-order valence-electron chi connectivity index (χ4n) is 1.34. The second-order valence-electron chi connectivity index (χ2n) is 3.44. The molecule has 0 saturated carbocycles. The van der Waals surface area contributed by atoms with Crippen LogP contribution in [-0.2, 0) is 9.47 Å². The number of hydrogen-bond donors (Lipinski definition) is 1. The predicted molar refractivity (Wildman–Crippen MR) is 75.6 cm³/mol. The second-order valence-corrected chi connectivity index (χ2v) is 4.32. The van der Waals surface area contributed by atoms with E-state index in [1.807, 2.05) is 0 Å². The van der Waals surface area contributed by atoms with Crippen molar-refractivity contribution in [3.05, 3.63) is 29.3 Å². The Morgan fingerprint density at radius 1 is 1.15 bits per heavy atom. The van der Waals surface area contributed by atoms with Crippen molar-refractivity contribution in [2.24, 2.45) is 0 Å². The monoisotopic (exact) mass is 394 g/mol. The third-order valence-corrected chi connectivity index (χ3v) is 2.52. The summed E-state index contributed by atoms with van der Waals surface area (Å²) in [5.41, 5.74) is -0.320. The largest absolute Gasteiger partial charge is 0.497 e. The van der Waals surface area contributed by atoms with E-state index in [9.17, 15) is 14.4 Å². The van der Waals surface area contributed by atoms with E-state index in [1.54, 1.807) is 0 Å². The summed E-state index contributed by atoms with van der Waals surface area (Å²) in [5, 5.41) is 9.00. The smallest absolute Gasteiger partial charge is 0.367 e. The molecule has 0 radical (unpaired) electrons. The number of carboxylic acids is 1. The molecule has 7 nitrogen and oxygen atoms in total. The van der Waals surface area contributed by atoms with Crippen molar-refractivity contribution in [3.63, 3.8) is 0 Å². The molecule has 1 aromatic rings. The summed E-state index contributed by atoms with van der Waals surface area (Å²) in [6, 6.07) is 3.96. The summed E-state index contributed by atoms with van der Waals surface area (Å²) in [7, 11) is 1.39. The summed E-state index contributed by atoms with van der Waals surface area (Å²) in [6.45, 7) is -0.260. The van der Waals surface area contributed by atoms with Crippen molar-refractivity contribution < 1.29 is 33.7 Å². The zero-order chi connectivity index (χ0) is 15.1. The molecule has 0 saturated heterocycles. The molecule has 0 amide bonds. The Balaban J connectivity index is 2.79. The van der Waals surface area contributed by atoms with Gasteiger partial charge in [0.15, 0.2) is 0 Å². The average molecular weight is 394 g/mol. The van der Waals surface area contributed by atoms with Gasteiger partial charge in [-0.1, -0.05) is 0 Å². The third-order valence-electron chi connectivity index (χ3n) is 2.21. The minimum Gasteiger partial charge on any atom is -0.497 e. The van der Waals surface area contributed by atoms with E-state index in [1.165, 1.54) is 47.9 Å². The molecule has 8 heteroatoms. The molecule has 1 rings (SSSR count). The molecule has 1 aromatic carbocycles. The topological polar surface area (TPSA) is 99.1 Å². The Morgan fingerprint density at radius 2 is 1.80 bits per heavy atom. The molecule has 0 atom stereocenters. The van der Waals surface area contributed by atoms with E-state index >= 15 is 0 Å². The van der Waals surface area contributed by atoms with Crippen LogP contribution in [0.1, 0.15) is 20.7 Å². The normalized spacial score (nSPS) is 9.70. The van der Waals surface area contributed by atoms with Crippen molar-refractivity contribution in [1.82, 2.24) is 0 Å².